The quantitative estimate of drug-likeness (QED) is 0.834. The third-order valence-corrected chi connectivity index (χ3v) is 4.58. The summed E-state index contributed by atoms with van der Waals surface area (Å²) in [6.07, 6.45) is 4.81. The van der Waals surface area contributed by atoms with E-state index in [0.29, 0.717) is 0 Å². The second-order valence-electron chi connectivity index (χ2n) is 5.90. The molecular formula is C15H18N4O2. The van der Waals surface area contributed by atoms with Crippen molar-refractivity contribution >= 4 is 11.6 Å². The van der Waals surface area contributed by atoms with Crippen molar-refractivity contribution in [2.75, 3.05) is 13.7 Å². The van der Waals surface area contributed by atoms with E-state index >= 15 is 0 Å². The SMILES string of the molecule is COCC(=O)N1[C@@H]2CC[C@H]1c1cnc3cc(C)nn3c1C2. The summed E-state index contributed by atoms with van der Waals surface area (Å²) >= 11 is 0. The first kappa shape index (κ1) is 12.8. The minimum atomic E-state index is 0.0763. The second kappa shape index (κ2) is 4.53. The Kier molecular flexibility index (Phi) is 2.75. The molecular weight excluding hydrogens is 268 g/mol. The van der Waals surface area contributed by atoms with Gasteiger partial charge in [0.2, 0.25) is 5.91 Å². The fourth-order valence-electron chi connectivity index (χ4n) is 3.78. The van der Waals surface area contributed by atoms with Crippen molar-refractivity contribution in [1.29, 1.82) is 0 Å². The molecule has 4 heterocycles. The van der Waals surface area contributed by atoms with E-state index in [0.717, 1.165) is 36.2 Å². The van der Waals surface area contributed by atoms with Crippen LogP contribution in [0.5, 0.6) is 0 Å². The van der Waals surface area contributed by atoms with Crippen LogP contribution >= 0.6 is 0 Å². The Morgan fingerprint density at radius 2 is 2.33 bits per heavy atom. The van der Waals surface area contributed by atoms with Crippen LogP contribution in [0.3, 0.4) is 0 Å². The van der Waals surface area contributed by atoms with E-state index in [4.69, 9.17) is 4.74 Å². The van der Waals surface area contributed by atoms with Gasteiger partial charge in [-0.3, -0.25) is 4.79 Å². The Bertz CT molecular complexity index is 724. The molecule has 2 aliphatic heterocycles. The zero-order valence-electron chi connectivity index (χ0n) is 12.2. The average molecular weight is 286 g/mol. The normalized spacial score (nSPS) is 23.6. The number of carbonyl (C=O) groups is 1. The van der Waals surface area contributed by atoms with E-state index in [1.54, 1.807) is 7.11 Å². The number of aromatic nitrogens is 3. The number of ether oxygens (including phenoxy) is 1. The first-order chi connectivity index (χ1) is 10.2. The van der Waals surface area contributed by atoms with Crippen LogP contribution < -0.4 is 0 Å². The van der Waals surface area contributed by atoms with E-state index in [1.165, 1.54) is 5.69 Å². The van der Waals surface area contributed by atoms with Gasteiger partial charge in [-0.2, -0.15) is 5.10 Å². The van der Waals surface area contributed by atoms with Gasteiger partial charge < -0.3 is 9.64 Å². The summed E-state index contributed by atoms with van der Waals surface area (Å²) in [7, 11) is 1.56. The summed E-state index contributed by atoms with van der Waals surface area (Å²) in [5.41, 5.74) is 4.22. The lowest BCUT2D eigenvalue weighted by Gasteiger charge is -2.36. The molecule has 2 aromatic rings. The van der Waals surface area contributed by atoms with Gasteiger partial charge in [0, 0.05) is 37.4 Å². The highest BCUT2D eigenvalue weighted by Crippen LogP contribution is 2.43. The Balaban J connectivity index is 1.81. The fraction of sp³-hybridized carbons (Fsp3) is 0.533. The first-order valence-electron chi connectivity index (χ1n) is 7.33. The Morgan fingerprint density at radius 1 is 1.48 bits per heavy atom. The lowest BCUT2D eigenvalue weighted by atomic mass is 9.99. The van der Waals surface area contributed by atoms with Crippen LogP contribution in [0.25, 0.3) is 5.65 Å². The van der Waals surface area contributed by atoms with E-state index in [1.807, 2.05) is 28.6 Å². The Morgan fingerprint density at radius 3 is 3.14 bits per heavy atom. The van der Waals surface area contributed by atoms with E-state index in [2.05, 4.69) is 10.1 Å². The summed E-state index contributed by atoms with van der Waals surface area (Å²) < 4.78 is 6.97. The first-order valence-corrected chi connectivity index (χ1v) is 7.33. The van der Waals surface area contributed by atoms with Gasteiger partial charge in [0.25, 0.3) is 0 Å². The van der Waals surface area contributed by atoms with Crippen LogP contribution in [0.1, 0.15) is 35.8 Å². The van der Waals surface area contributed by atoms with Gasteiger partial charge in [-0.05, 0) is 19.8 Å². The van der Waals surface area contributed by atoms with E-state index in [9.17, 15) is 4.79 Å². The monoisotopic (exact) mass is 286 g/mol. The molecule has 110 valence electrons. The van der Waals surface area contributed by atoms with Crippen LogP contribution in [-0.4, -0.2) is 45.2 Å². The number of fused-ring (bicyclic) bond motifs is 6. The van der Waals surface area contributed by atoms with Gasteiger partial charge in [0.1, 0.15) is 6.61 Å². The molecule has 2 bridgehead atoms. The number of amides is 1. The van der Waals surface area contributed by atoms with Gasteiger partial charge in [0.05, 0.1) is 17.4 Å². The summed E-state index contributed by atoms with van der Waals surface area (Å²) in [5, 5.41) is 4.56. The van der Waals surface area contributed by atoms with Crippen molar-refractivity contribution < 1.29 is 9.53 Å². The second-order valence-corrected chi connectivity index (χ2v) is 5.90. The number of aryl methyl sites for hydroxylation is 1. The third-order valence-electron chi connectivity index (χ3n) is 4.58. The Hall–Kier alpha value is -1.95. The highest BCUT2D eigenvalue weighted by Gasteiger charge is 2.43. The van der Waals surface area contributed by atoms with Crippen LogP contribution in [0.15, 0.2) is 12.3 Å². The van der Waals surface area contributed by atoms with Crippen molar-refractivity contribution in [2.24, 2.45) is 0 Å². The average Bonchev–Trinajstić information content (AvgIpc) is 2.98. The number of carbonyl (C=O) groups excluding carboxylic acids is 1. The third kappa shape index (κ3) is 1.78. The number of hydrogen-bond acceptors (Lipinski definition) is 4. The lowest BCUT2D eigenvalue weighted by molar-refractivity contribution is -0.138. The van der Waals surface area contributed by atoms with Crippen molar-refractivity contribution in [3.8, 4) is 0 Å². The minimum Gasteiger partial charge on any atom is -0.375 e. The summed E-state index contributed by atoms with van der Waals surface area (Å²) in [6.45, 7) is 2.13. The fourth-order valence-corrected chi connectivity index (χ4v) is 3.78. The summed E-state index contributed by atoms with van der Waals surface area (Å²) in [5.74, 6) is 0.0763. The molecule has 2 aromatic heterocycles. The number of hydrogen-bond donors (Lipinski definition) is 0. The smallest absolute Gasteiger partial charge is 0.249 e. The van der Waals surface area contributed by atoms with Gasteiger partial charge in [0.15, 0.2) is 5.65 Å². The standard InChI is InChI=1S/C15H18N4O2/c1-9-5-14-16-7-11-12-4-3-10(6-13(11)19(14)17-9)18(12)15(20)8-21-2/h5,7,10,12H,3-4,6,8H2,1-2H3/t10-,12+/m1/s1. The molecule has 0 spiro atoms. The van der Waals surface area contributed by atoms with Crippen LogP contribution in [0, 0.1) is 6.92 Å². The lowest BCUT2D eigenvalue weighted by Crippen LogP contribution is -2.44. The predicted octanol–water partition coefficient (Wildman–Crippen LogP) is 1.27. The van der Waals surface area contributed by atoms with Crippen molar-refractivity contribution in [3.63, 3.8) is 0 Å². The molecule has 21 heavy (non-hydrogen) atoms. The molecule has 4 rings (SSSR count). The number of methoxy groups -OCH3 is 1. The molecule has 0 aromatic carbocycles. The molecule has 6 heteroatoms. The van der Waals surface area contributed by atoms with Gasteiger partial charge in [-0.15, -0.1) is 0 Å². The highest BCUT2D eigenvalue weighted by atomic mass is 16.5. The van der Waals surface area contributed by atoms with Crippen LogP contribution in [-0.2, 0) is 16.0 Å². The predicted molar refractivity (Wildman–Crippen MR) is 75.9 cm³/mol. The topological polar surface area (TPSA) is 59.7 Å². The van der Waals surface area contributed by atoms with Crippen molar-refractivity contribution in [3.05, 3.63) is 29.2 Å². The zero-order valence-corrected chi connectivity index (χ0v) is 12.2. The van der Waals surface area contributed by atoms with E-state index < -0.39 is 0 Å². The van der Waals surface area contributed by atoms with Crippen LogP contribution in [0.4, 0.5) is 0 Å². The minimum absolute atomic E-state index is 0.0763. The van der Waals surface area contributed by atoms with Crippen molar-refractivity contribution in [2.45, 2.75) is 38.3 Å². The zero-order chi connectivity index (χ0) is 14.6. The molecule has 0 saturated carbocycles. The summed E-state index contributed by atoms with van der Waals surface area (Å²) in [4.78, 5) is 18.8. The highest BCUT2D eigenvalue weighted by molar-refractivity contribution is 5.79. The maximum atomic E-state index is 12.3. The molecule has 1 saturated heterocycles. The van der Waals surface area contributed by atoms with Crippen LogP contribution in [0.2, 0.25) is 0 Å². The molecule has 0 N–H and O–H groups in total. The van der Waals surface area contributed by atoms with Crippen molar-refractivity contribution in [1.82, 2.24) is 19.5 Å². The molecule has 0 unspecified atom stereocenters. The number of nitrogens with zero attached hydrogens (tertiary/aromatic N) is 4. The number of rotatable bonds is 2. The molecule has 1 amide bonds. The Labute approximate surface area is 122 Å². The largest absolute Gasteiger partial charge is 0.375 e. The molecule has 2 atom stereocenters. The molecule has 2 aliphatic rings. The van der Waals surface area contributed by atoms with Gasteiger partial charge in [-0.1, -0.05) is 0 Å². The maximum absolute atomic E-state index is 12.3. The molecule has 0 aliphatic carbocycles. The maximum Gasteiger partial charge on any atom is 0.249 e. The van der Waals surface area contributed by atoms with E-state index in [-0.39, 0.29) is 24.6 Å². The summed E-state index contributed by atoms with van der Waals surface area (Å²) in [6, 6.07) is 2.38. The molecule has 0 radical (unpaired) electrons. The molecule has 6 nitrogen and oxygen atoms in total. The van der Waals surface area contributed by atoms with Gasteiger partial charge >= 0.3 is 0 Å². The van der Waals surface area contributed by atoms with Gasteiger partial charge in [-0.25, -0.2) is 9.50 Å². The molecule has 1 fully saturated rings.